The average molecular weight is 342 g/mol. The number of piperidine rings is 1. The van der Waals surface area contributed by atoms with Gasteiger partial charge in [0.1, 0.15) is 11.7 Å². The van der Waals surface area contributed by atoms with Gasteiger partial charge in [0.15, 0.2) is 0 Å². The first-order valence-corrected chi connectivity index (χ1v) is 9.00. The Bertz CT molecular complexity index is 669. The fourth-order valence-electron chi connectivity index (χ4n) is 4.05. The van der Waals surface area contributed by atoms with Crippen molar-refractivity contribution in [3.63, 3.8) is 0 Å². The number of rotatable bonds is 4. The minimum absolute atomic E-state index is 0.0870. The van der Waals surface area contributed by atoms with Gasteiger partial charge in [-0.2, -0.15) is 0 Å². The second-order valence-corrected chi connectivity index (χ2v) is 8.05. The predicted octanol–water partition coefficient (Wildman–Crippen LogP) is 1.86. The molecule has 1 aliphatic heterocycles. The first-order valence-electron chi connectivity index (χ1n) is 9.00. The predicted molar refractivity (Wildman–Crippen MR) is 94.7 cm³/mol. The van der Waals surface area contributed by atoms with Crippen molar-refractivity contribution in [2.45, 2.75) is 45.6 Å². The number of carbonyl (C=O) groups excluding carboxylic acids is 3. The molecule has 1 aromatic carbocycles. The lowest BCUT2D eigenvalue weighted by atomic mass is 9.66. The molecule has 1 saturated heterocycles. The number of fused-ring (bicyclic) bond motifs is 1. The van der Waals surface area contributed by atoms with Crippen LogP contribution in [0.2, 0.25) is 0 Å². The van der Waals surface area contributed by atoms with Crippen molar-refractivity contribution in [1.29, 1.82) is 0 Å². The summed E-state index contributed by atoms with van der Waals surface area (Å²) in [6, 6.07) is 9.76. The average Bonchev–Trinajstić information content (AvgIpc) is 2.54. The van der Waals surface area contributed by atoms with Gasteiger partial charge in [0, 0.05) is 24.9 Å². The third-order valence-electron chi connectivity index (χ3n) is 5.33. The van der Waals surface area contributed by atoms with E-state index in [-0.39, 0.29) is 35.0 Å². The number of benzene rings is 1. The second-order valence-electron chi connectivity index (χ2n) is 8.05. The van der Waals surface area contributed by atoms with Crippen molar-refractivity contribution in [2.75, 3.05) is 6.54 Å². The molecular formula is C20H26N2O3. The highest BCUT2D eigenvalue weighted by atomic mass is 16.2. The Morgan fingerprint density at radius 3 is 2.68 bits per heavy atom. The molecule has 2 aliphatic rings. The molecule has 2 fully saturated rings. The van der Waals surface area contributed by atoms with Crippen LogP contribution in [0.25, 0.3) is 0 Å². The summed E-state index contributed by atoms with van der Waals surface area (Å²) in [7, 11) is 0. The maximum absolute atomic E-state index is 12.4. The molecule has 3 unspecified atom stereocenters. The largest absolute Gasteiger partial charge is 0.355 e. The third kappa shape index (κ3) is 4.09. The molecule has 5 heteroatoms. The van der Waals surface area contributed by atoms with E-state index in [4.69, 9.17) is 0 Å². The lowest BCUT2D eigenvalue weighted by Crippen LogP contribution is -2.58. The Hall–Kier alpha value is -2.17. The second kappa shape index (κ2) is 6.98. The van der Waals surface area contributed by atoms with E-state index in [9.17, 15) is 14.4 Å². The summed E-state index contributed by atoms with van der Waals surface area (Å²) < 4.78 is 0. The Kier molecular flexibility index (Phi) is 4.93. The van der Waals surface area contributed by atoms with Gasteiger partial charge in [-0.05, 0) is 30.2 Å². The number of carbonyl (C=O) groups is 3. The van der Waals surface area contributed by atoms with Gasteiger partial charge < -0.3 is 10.6 Å². The fourth-order valence-corrected chi connectivity index (χ4v) is 4.05. The van der Waals surface area contributed by atoms with Crippen LogP contribution in [-0.4, -0.2) is 30.2 Å². The zero-order chi connectivity index (χ0) is 18.0. The standard InChI is InChI=1S/C20H26N2O3/c1-20(2)11-16-14(17(23)12-20)10-15(19(25)22-16)18(24)21-9-8-13-6-4-3-5-7-13/h3-7,14-16H,8-12H2,1-2H3,(H,21,24)(H,22,25). The van der Waals surface area contributed by atoms with Gasteiger partial charge in [-0.25, -0.2) is 0 Å². The summed E-state index contributed by atoms with van der Waals surface area (Å²) in [5, 5.41) is 5.77. The molecule has 134 valence electrons. The lowest BCUT2D eigenvalue weighted by Gasteiger charge is -2.43. The number of Topliss-reactive ketones (excluding diaryl/α,β-unsaturated/α-hetero) is 1. The molecule has 25 heavy (non-hydrogen) atoms. The van der Waals surface area contributed by atoms with E-state index in [0.717, 1.165) is 18.4 Å². The zero-order valence-corrected chi connectivity index (χ0v) is 14.9. The van der Waals surface area contributed by atoms with Crippen LogP contribution in [0.1, 0.15) is 38.7 Å². The van der Waals surface area contributed by atoms with Crippen LogP contribution in [0.5, 0.6) is 0 Å². The quantitative estimate of drug-likeness (QED) is 0.820. The number of hydrogen-bond acceptors (Lipinski definition) is 3. The normalized spacial score (nSPS) is 28.0. The van der Waals surface area contributed by atoms with Crippen LogP contribution in [0.3, 0.4) is 0 Å². The van der Waals surface area contributed by atoms with E-state index in [0.29, 0.717) is 19.4 Å². The molecule has 5 nitrogen and oxygen atoms in total. The number of ketones is 1. The SMILES string of the molecule is CC1(C)CC(=O)C2CC(C(=O)NCCc3ccccc3)C(=O)NC2C1. The van der Waals surface area contributed by atoms with Gasteiger partial charge in [0.25, 0.3) is 0 Å². The van der Waals surface area contributed by atoms with Crippen molar-refractivity contribution < 1.29 is 14.4 Å². The van der Waals surface area contributed by atoms with Gasteiger partial charge in [-0.15, -0.1) is 0 Å². The Labute approximate surface area is 148 Å². The van der Waals surface area contributed by atoms with Crippen molar-refractivity contribution in [1.82, 2.24) is 10.6 Å². The highest BCUT2D eigenvalue weighted by Crippen LogP contribution is 2.40. The fraction of sp³-hybridized carbons (Fsp3) is 0.550. The van der Waals surface area contributed by atoms with E-state index < -0.39 is 5.92 Å². The van der Waals surface area contributed by atoms with E-state index in [1.165, 1.54) is 0 Å². The van der Waals surface area contributed by atoms with Crippen molar-refractivity contribution in [2.24, 2.45) is 17.3 Å². The maximum atomic E-state index is 12.4. The Morgan fingerprint density at radius 2 is 1.96 bits per heavy atom. The van der Waals surface area contributed by atoms with Gasteiger partial charge in [-0.3, -0.25) is 14.4 Å². The zero-order valence-electron chi connectivity index (χ0n) is 14.9. The van der Waals surface area contributed by atoms with Crippen LogP contribution in [0, 0.1) is 17.3 Å². The molecule has 3 rings (SSSR count). The molecule has 3 atom stereocenters. The molecule has 0 spiro atoms. The highest BCUT2D eigenvalue weighted by Gasteiger charge is 2.47. The van der Waals surface area contributed by atoms with Crippen LogP contribution >= 0.6 is 0 Å². The number of amides is 2. The molecule has 1 saturated carbocycles. The molecule has 0 radical (unpaired) electrons. The highest BCUT2D eigenvalue weighted by molar-refractivity contribution is 6.02. The molecular weight excluding hydrogens is 316 g/mol. The summed E-state index contributed by atoms with van der Waals surface area (Å²) in [4.78, 5) is 37.2. The smallest absolute Gasteiger partial charge is 0.232 e. The monoisotopic (exact) mass is 342 g/mol. The molecule has 2 N–H and O–H groups in total. The van der Waals surface area contributed by atoms with Crippen molar-refractivity contribution in [3.05, 3.63) is 35.9 Å². The lowest BCUT2D eigenvalue weighted by molar-refractivity contribution is -0.143. The first kappa shape index (κ1) is 17.6. The third-order valence-corrected chi connectivity index (χ3v) is 5.33. The first-order chi connectivity index (χ1) is 11.9. The Morgan fingerprint density at radius 1 is 1.24 bits per heavy atom. The van der Waals surface area contributed by atoms with Gasteiger partial charge in [-0.1, -0.05) is 44.2 Å². The summed E-state index contributed by atoms with van der Waals surface area (Å²) in [6.45, 7) is 4.59. The van der Waals surface area contributed by atoms with Gasteiger partial charge >= 0.3 is 0 Å². The van der Waals surface area contributed by atoms with Crippen LogP contribution in [-0.2, 0) is 20.8 Å². The minimum Gasteiger partial charge on any atom is -0.355 e. The summed E-state index contributed by atoms with van der Waals surface area (Å²) in [5.41, 5.74) is 1.05. The van der Waals surface area contributed by atoms with Crippen LogP contribution in [0.4, 0.5) is 0 Å². The summed E-state index contributed by atoms with van der Waals surface area (Å²) in [6.07, 6.45) is 2.37. The summed E-state index contributed by atoms with van der Waals surface area (Å²) in [5.74, 6) is -1.34. The minimum atomic E-state index is -0.762. The van der Waals surface area contributed by atoms with Crippen LogP contribution in [0.15, 0.2) is 30.3 Å². The number of hydrogen-bond donors (Lipinski definition) is 2. The maximum Gasteiger partial charge on any atom is 0.232 e. The molecule has 1 aliphatic carbocycles. The van der Waals surface area contributed by atoms with E-state index in [1.807, 2.05) is 30.3 Å². The van der Waals surface area contributed by atoms with Gasteiger partial charge in [0.05, 0.1) is 0 Å². The van der Waals surface area contributed by atoms with E-state index in [1.54, 1.807) is 0 Å². The van der Waals surface area contributed by atoms with Crippen molar-refractivity contribution >= 4 is 17.6 Å². The molecule has 2 amide bonds. The van der Waals surface area contributed by atoms with E-state index >= 15 is 0 Å². The molecule has 1 heterocycles. The van der Waals surface area contributed by atoms with Crippen LogP contribution < -0.4 is 10.6 Å². The Balaban J connectivity index is 1.57. The summed E-state index contributed by atoms with van der Waals surface area (Å²) >= 11 is 0. The number of nitrogens with one attached hydrogen (secondary N) is 2. The van der Waals surface area contributed by atoms with E-state index in [2.05, 4.69) is 24.5 Å². The molecule has 1 aromatic rings. The molecule has 0 bridgehead atoms. The van der Waals surface area contributed by atoms with Crippen molar-refractivity contribution in [3.8, 4) is 0 Å². The topological polar surface area (TPSA) is 75.3 Å². The van der Waals surface area contributed by atoms with Gasteiger partial charge in [0.2, 0.25) is 11.8 Å². The molecule has 0 aromatic heterocycles.